The second kappa shape index (κ2) is 12.4. The Labute approximate surface area is 154 Å². The van der Waals surface area contributed by atoms with Crippen molar-refractivity contribution in [2.75, 3.05) is 32.7 Å². The molecule has 0 aromatic rings. The Morgan fingerprint density at radius 3 is 2.55 bits per heavy atom. The highest BCUT2D eigenvalue weighted by Gasteiger charge is 2.21. The Balaban J connectivity index is 0.00000441. The number of hydrogen-bond acceptors (Lipinski definition) is 2. The lowest BCUT2D eigenvalue weighted by Gasteiger charge is -2.34. The fourth-order valence-corrected chi connectivity index (χ4v) is 2.76. The smallest absolute Gasteiger partial charge is 0.191 e. The van der Waals surface area contributed by atoms with Crippen LogP contribution in [0.1, 0.15) is 53.9 Å². The molecule has 1 aliphatic rings. The third kappa shape index (κ3) is 9.18. The maximum absolute atomic E-state index is 4.80. The maximum atomic E-state index is 4.80. The number of nitrogens with zero attached hydrogens (tertiary/aromatic N) is 2. The number of likely N-dealkylation sites (tertiary alicyclic amines) is 1. The average Bonchev–Trinajstić information content (AvgIpc) is 2.44. The van der Waals surface area contributed by atoms with Crippen molar-refractivity contribution in [3.63, 3.8) is 0 Å². The van der Waals surface area contributed by atoms with Crippen molar-refractivity contribution < 1.29 is 0 Å². The van der Waals surface area contributed by atoms with E-state index in [-0.39, 0.29) is 24.0 Å². The fraction of sp³-hybridized carbons (Fsp3) is 0.941. The quantitative estimate of drug-likeness (QED) is 0.374. The summed E-state index contributed by atoms with van der Waals surface area (Å²) < 4.78 is 0. The molecule has 1 fully saturated rings. The summed E-state index contributed by atoms with van der Waals surface area (Å²) in [4.78, 5) is 7.38. The minimum Gasteiger partial charge on any atom is -0.357 e. The molecule has 1 saturated heterocycles. The molecule has 132 valence electrons. The summed E-state index contributed by atoms with van der Waals surface area (Å²) in [7, 11) is 0. The van der Waals surface area contributed by atoms with Gasteiger partial charge in [0, 0.05) is 32.2 Å². The van der Waals surface area contributed by atoms with E-state index in [0.717, 1.165) is 31.5 Å². The van der Waals surface area contributed by atoms with Crippen LogP contribution in [0.5, 0.6) is 0 Å². The summed E-state index contributed by atoms with van der Waals surface area (Å²) in [6.45, 7) is 16.6. The molecular weight excluding hydrogens is 387 g/mol. The molecule has 2 N–H and O–H groups in total. The van der Waals surface area contributed by atoms with Crippen LogP contribution in [0.25, 0.3) is 0 Å². The Kier molecular flexibility index (Phi) is 12.4. The number of hydrogen-bond donors (Lipinski definition) is 2. The monoisotopic (exact) mass is 424 g/mol. The van der Waals surface area contributed by atoms with Crippen LogP contribution >= 0.6 is 24.0 Å². The van der Waals surface area contributed by atoms with Crippen LogP contribution in [0.4, 0.5) is 0 Å². The van der Waals surface area contributed by atoms with E-state index < -0.39 is 0 Å². The first kappa shape index (κ1) is 22.0. The van der Waals surface area contributed by atoms with E-state index in [1.54, 1.807) is 0 Å². The van der Waals surface area contributed by atoms with Gasteiger partial charge in [0.15, 0.2) is 5.96 Å². The molecule has 1 rings (SSSR count). The summed E-state index contributed by atoms with van der Waals surface area (Å²) in [5.41, 5.74) is 0. The predicted molar refractivity (Wildman–Crippen MR) is 108 cm³/mol. The van der Waals surface area contributed by atoms with Gasteiger partial charge in [0.2, 0.25) is 0 Å². The summed E-state index contributed by atoms with van der Waals surface area (Å²) >= 11 is 0. The second-order valence-electron chi connectivity index (χ2n) is 6.93. The van der Waals surface area contributed by atoms with E-state index in [2.05, 4.69) is 50.2 Å². The first-order chi connectivity index (χ1) is 10.0. The molecule has 0 amide bonds. The van der Waals surface area contributed by atoms with Crippen molar-refractivity contribution in [3.05, 3.63) is 0 Å². The van der Waals surface area contributed by atoms with Crippen molar-refractivity contribution in [1.82, 2.24) is 15.5 Å². The van der Waals surface area contributed by atoms with E-state index in [4.69, 9.17) is 4.99 Å². The molecule has 0 aliphatic carbocycles. The van der Waals surface area contributed by atoms with Crippen molar-refractivity contribution in [1.29, 1.82) is 0 Å². The average molecular weight is 424 g/mol. The van der Waals surface area contributed by atoms with Gasteiger partial charge >= 0.3 is 0 Å². The van der Waals surface area contributed by atoms with Gasteiger partial charge in [-0.1, -0.05) is 13.8 Å². The van der Waals surface area contributed by atoms with Gasteiger partial charge in [-0.25, -0.2) is 0 Å². The van der Waals surface area contributed by atoms with E-state index in [0.29, 0.717) is 12.0 Å². The lowest BCUT2D eigenvalue weighted by atomic mass is 9.97. The van der Waals surface area contributed by atoms with Crippen molar-refractivity contribution in [3.8, 4) is 0 Å². The standard InChI is InChI=1S/C17H36N4.HI/c1-6-18-17(19-10-9-14(2)3)20-12-16-8-7-11-21(13-16)15(4)5;/h14-16H,6-13H2,1-5H3,(H2,18,19,20);1H. The Morgan fingerprint density at radius 2 is 1.95 bits per heavy atom. The van der Waals surface area contributed by atoms with Crippen molar-refractivity contribution in [2.45, 2.75) is 59.9 Å². The summed E-state index contributed by atoms with van der Waals surface area (Å²) in [6, 6.07) is 0.661. The largest absolute Gasteiger partial charge is 0.357 e. The zero-order chi connectivity index (χ0) is 15.7. The first-order valence-electron chi connectivity index (χ1n) is 8.79. The molecule has 0 radical (unpaired) electrons. The normalized spacial score (nSPS) is 20.1. The fourth-order valence-electron chi connectivity index (χ4n) is 2.76. The van der Waals surface area contributed by atoms with Crippen LogP contribution in [0.15, 0.2) is 4.99 Å². The number of halogens is 1. The first-order valence-corrected chi connectivity index (χ1v) is 8.79. The zero-order valence-corrected chi connectivity index (χ0v) is 17.5. The van der Waals surface area contributed by atoms with Crippen LogP contribution in [0.3, 0.4) is 0 Å². The molecule has 22 heavy (non-hydrogen) atoms. The number of piperidine rings is 1. The third-order valence-electron chi connectivity index (χ3n) is 4.15. The summed E-state index contributed by atoms with van der Waals surface area (Å²) in [6.07, 6.45) is 3.82. The highest BCUT2D eigenvalue weighted by atomic mass is 127. The summed E-state index contributed by atoms with van der Waals surface area (Å²) in [5.74, 6) is 2.43. The van der Waals surface area contributed by atoms with Gasteiger partial charge in [-0.05, 0) is 58.4 Å². The molecule has 1 heterocycles. The van der Waals surface area contributed by atoms with Crippen LogP contribution in [-0.2, 0) is 0 Å². The lowest BCUT2D eigenvalue weighted by molar-refractivity contribution is 0.143. The van der Waals surface area contributed by atoms with Crippen LogP contribution < -0.4 is 10.6 Å². The Hall–Kier alpha value is -0.0400. The molecule has 1 unspecified atom stereocenters. The van der Waals surface area contributed by atoms with E-state index in [9.17, 15) is 0 Å². The topological polar surface area (TPSA) is 39.7 Å². The lowest BCUT2D eigenvalue weighted by Crippen LogP contribution is -2.42. The Morgan fingerprint density at radius 1 is 1.23 bits per heavy atom. The molecule has 4 nitrogen and oxygen atoms in total. The molecule has 0 spiro atoms. The molecule has 1 atom stereocenters. The van der Waals surface area contributed by atoms with Gasteiger partial charge in [0.1, 0.15) is 0 Å². The van der Waals surface area contributed by atoms with E-state index in [1.165, 1.54) is 32.4 Å². The highest BCUT2D eigenvalue weighted by Crippen LogP contribution is 2.18. The number of nitrogens with one attached hydrogen (secondary N) is 2. The molecule has 1 aliphatic heterocycles. The number of aliphatic imine (C=N–C) groups is 1. The minimum atomic E-state index is 0. The molecule has 0 aromatic carbocycles. The summed E-state index contributed by atoms with van der Waals surface area (Å²) in [5, 5.41) is 6.81. The van der Waals surface area contributed by atoms with Gasteiger partial charge in [-0.15, -0.1) is 24.0 Å². The number of rotatable bonds is 7. The van der Waals surface area contributed by atoms with Gasteiger partial charge in [-0.3, -0.25) is 4.99 Å². The van der Waals surface area contributed by atoms with E-state index >= 15 is 0 Å². The molecule has 5 heteroatoms. The maximum Gasteiger partial charge on any atom is 0.191 e. The SMILES string of the molecule is CCNC(=NCC1CCCN(C(C)C)C1)NCCC(C)C.I. The second-order valence-corrected chi connectivity index (χ2v) is 6.93. The van der Waals surface area contributed by atoms with Gasteiger partial charge < -0.3 is 15.5 Å². The van der Waals surface area contributed by atoms with Crippen molar-refractivity contribution >= 4 is 29.9 Å². The van der Waals surface area contributed by atoms with Gasteiger partial charge in [0.05, 0.1) is 0 Å². The molecule has 0 bridgehead atoms. The van der Waals surface area contributed by atoms with Crippen molar-refractivity contribution in [2.24, 2.45) is 16.8 Å². The van der Waals surface area contributed by atoms with Crippen LogP contribution in [-0.4, -0.2) is 49.6 Å². The third-order valence-corrected chi connectivity index (χ3v) is 4.15. The highest BCUT2D eigenvalue weighted by molar-refractivity contribution is 14.0. The van der Waals surface area contributed by atoms with E-state index in [1.807, 2.05) is 0 Å². The number of guanidine groups is 1. The van der Waals surface area contributed by atoms with Crippen LogP contribution in [0, 0.1) is 11.8 Å². The Bertz CT molecular complexity index is 305. The minimum absolute atomic E-state index is 0. The van der Waals surface area contributed by atoms with Gasteiger partial charge in [0.25, 0.3) is 0 Å². The van der Waals surface area contributed by atoms with Crippen LogP contribution in [0.2, 0.25) is 0 Å². The molecule has 0 saturated carbocycles. The zero-order valence-electron chi connectivity index (χ0n) is 15.2. The predicted octanol–water partition coefficient (Wildman–Crippen LogP) is 3.33. The molecular formula is C17H37IN4. The van der Waals surface area contributed by atoms with Gasteiger partial charge in [-0.2, -0.15) is 0 Å². The molecule has 0 aromatic heterocycles.